The van der Waals surface area contributed by atoms with Gasteiger partial charge in [0.15, 0.2) is 0 Å². The van der Waals surface area contributed by atoms with Crippen LogP contribution in [0.15, 0.2) is 18.2 Å². The van der Waals surface area contributed by atoms with Crippen LogP contribution in [-0.4, -0.2) is 41.7 Å². The standard InChI is InChI=1S/C20H26F3NO3/c1-19(26)11-15(12-19)18(25)24-7-5-13(6-8-24)9-14-3-4-16(27-2)10-17(14)20(21,22)23/h3-4,10,13,15,26H,5-9,11-12H2,1-2H3/t15-,19+. The van der Waals surface area contributed by atoms with Gasteiger partial charge in [-0.1, -0.05) is 6.07 Å². The Hall–Kier alpha value is -1.76. The molecule has 0 radical (unpaired) electrons. The molecule has 1 aliphatic carbocycles. The van der Waals surface area contributed by atoms with E-state index in [1.54, 1.807) is 17.9 Å². The highest BCUT2D eigenvalue weighted by molar-refractivity contribution is 5.80. The van der Waals surface area contributed by atoms with E-state index in [0.717, 1.165) is 6.07 Å². The number of carbonyl (C=O) groups excluding carboxylic acids is 1. The van der Waals surface area contributed by atoms with Gasteiger partial charge in [0.25, 0.3) is 0 Å². The van der Waals surface area contributed by atoms with Gasteiger partial charge in [0.2, 0.25) is 5.91 Å². The lowest BCUT2D eigenvalue weighted by molar-refractivity contribution is -0.151. The number of alkyl halides is 3. The number of carbonyl (C=O) groups is 1. The van der Waals surface area contributed by atoms with Crippen molar-refractivity contribution in [1.82, 2.24) is 4.90 Å². The van der Waals surface area contributed by atoms with E-state index in [1.165, 1.54) is 13.2 Å². The molecule has 1 amide bonds. The van der Waals surface area contributed by atoms with Crippen LogP contribution in [0.1, 0.15) is 43.7 Å². The average molecular weight is 385 g/mol. The topological polar surface area (TPSA) is 49.8 Å². The van der Waals surface area contributed by atoms with Crippen molar-refractivity contribution in [3.63, 3.8) is 0 Å². The monoisotopic (exact) mass is 385 g/mol. The van der Waals surface area contributed by atoms with E-state index in [-0.39, 0.29) is 29.1 Å². The average Bonchev–Trinajstić information content (AvgIpc) is 2.59. The first kappa shape index (κ1) is 20.0. The molecule has 4 nitrogen and oxygen atoms in total. The first-order chi connectivity index (χ1) is 12.6. The number of likely N-dealkylation sites (tertiary alicyclic amines) is 1. The number of hydrogen-bond acceptors (Lipinski definition) is 3. The summed E-state index contributed by atoms with van der Waals surface area (Å²) in [6, 6.07) is 4.11. The number of rotatable bonds is 4. The Morgan fingerprint density at radius 2 is 1.93 bits per heavy atom. The van der Waals surface area contributed by atoms with E-state index in [2.05, 4.69) is 0 Å². The number of halogens is 3. The van der Waals surface area contributed by atoms with Crippen molar-refractivity contribution in [2.45, 2.75) is 50.8 Å². The quantitative estimate of drug-likeness (QED) is 0.861. The fourth-order valence-electron chi connectivity index (χ4n) is 4.23. The highest BCUT2D eigenvalue weighted by Crippen LogP contribution is 2.40. The smallest absolute Gasteiger partial charge is 0.416 e. The number of methoxy groups -OCH3 is 1. The van der Waals surface area contributed by atoms with Crippen molar-refractivity contribution in [1.29, 1.82) is 0 Å². The van der Waals surface area contributed by atoms with Crippen LogP contribution < -0.4 is 4.74 Å². The van der Waals surface area contributed by atoms with Gasteiger partial charge >= 0.3 is 6.18 Å². The van der Waals surface area contributed by atoms with Crippen LogP contribution in [0.2, 0.25) is 0 Å². The Balaban J connectivity index is 1.59. The van der Waals surface area contributed by atoms with Gasteiger partial charge in [0.1, 0.15) is 5.75 Å². The molecule has 1 aromatic rings. The molecule has 0 atom stereocenters. The summed E-state index contributed by atoms with van der Waals surface area (Å²) >= 11 is 0. The fourth-order valence-corrected chi connectivity index (χ4v) is 4.23. The largest absolute Gasteiger partial charge is 0.497 e. The second-order valence-electron chi connectivity index (χ2n) is 8.10. The van der Waals surface area contributed by atoms with Gasteiger partial charge in [-0.25, -0.2) is 0 Å². The minimum absolute atomic E-state index is 0.0698. The van der Waals surface area contributed by atoms with Gasteiger partial charge in [-0.05, 0) is 62.6 Å². The first-order valence-corrected chi connectivity index (χ1v) is 9.34. The Morgan fingerprint density at radius 3 is 2.44 bits per heavy atom. The van der Waals surface area contributed by atoms with Crippen molar-refractivity contribution in [3.05, 3.63) is 29.3 Å². The Morgan fingerprint density at radius 1 is 1.30 bits per heavy atom. The lowest BCUT2D eigenvalue weighted by Gasteiger charge is -2.43. The zero-order valence-corrected chi connectivity index (χ0v) is 15.7. The van der Waals surface area contributed by atoms with E-state index in [4.69, 9.17) is 4.74 Å². The maximum Gasteiger partial charge on any atom is 0.416 e. The van der Waals surface area contributed by atoms with Crippen LogP contribution in [0.3, 0.4) is 0 Å². The molecule has 2 aliphatic rings. The molecule has 3 rings (SSSR count). The van der Waals surface area contributed by atoms with Gasteiger partial charge in [0, 0.05) is 19.0 Å². The van der Waals surface area contributed by atoms with Crippen LogP contribution in [0.25, 0.3) is 0 Å². The highest BCUT2D eigenvalue weighted by atomic mass is 19.4. The van der Waals surface area contributed by atoms with E-state index < -0.39 is 17.3 Å². The molecule has 27 heavy (non-hydrogen) atoms. The Labute approximate surface area is 157 Å². The number of amides is 1. The van der Waals surface area contributed by atoms with E-state index >= 15 is 0 Å². The molecule has 1 saturated carbocycles. The molecule has 0 spiro atoms. The Bertz CT molecular complexity index is 686. The minimum Gasteiger partial charge on any atom is -0.497 e. The summed E-state index contributed by atoms with van der Waals surface area (Å²) in [6.07, 6.45) is -1.70. The molecule has 0 unspecified atom stereocenters. The second kappa shape index (κ2) is 7.34. The van der Waals surface area contributed by atoms with Crippen LogP contribution in [0.5, 0.6) is 5.75 Å². The number of aliphatic hydroxyl groups is 1. The molecule has 1 aliphatic heterocycles. The Kier molecular flexibility index (Phi) is 5.43. The molecule has 2 fully saturated rings. The number of piperidine rings is 1. The van der Waals surface area contributed by atoms with Crippen LogP contribution in [-0.2, 0) is 17.4 Å². The van der Waals surface area contributed by atoms with E-state index in [1.807, 2.05) is 0 Å². The maximum atomic E-state index is 13.4. The zero-order chi connectivity index (χ0) is 19.8. The third-order valence-corrected chi connectivity index (χ3v) is 5.78. The summed E-state index contributed by atoms with van der Waals surface area (Å²) in [5.74, 6) is 0.270. The summed E-state index contributed by atoms with van der Waals surface area (Å²) in [5, 5.41) is 9.79. The molecule has 1 N–H and O–H groups in total. The SMILES string of the molecule is COc1ccc(CC2CCN(C(=O)[C@H]3C[C@@](C)(O)C3)CC2)c(C(F)(F)F)c1. The second-order valence-corrected chi connectivity index (χ2v) is 8.10. The number of nitrogens with zero attached hydrogens (tertiary/aromatic N) is 1. The first-order valence-electron chi connectivity index (χ1n) is 9.34. The summed E-state index contributed by atoms with van der Waals surface area (Å²) in [6.45, 7) is 2.87. The molecule has 0 aromatic heterocycles. The zero-order valence-electron chi connectivity index (χ0n) is 15.7. The van der Waals surface area contributed by atoms with Crippen molar-refractivity contribution in [2.24, 2.45) is 11.8 Å². The van der Waals surface area contributed by atoms with Crippen molar-refractivity contribution in [3.8, 4) is 5.75 Å². The molecule has 1 saturated heterocycles. The van der Waals surface area contributed by atoms with Gasteiger partial charge in [-0.15, -0.1) is 0 Å². The molecule has 7 heteroatoms. The molecular formula is C20H26F3NO3. The predicted molar refractivity (Wildman–Crippen MR) is 94.4 cm³/mol. The van der Waals surface area contributed by atoms with Crippen LogP contribution >= 0.6 is 0 Å². The number of ether oxygens (including phenoxy) is 1. The normalized spacial score (nSPS) is 26.6. The van der Waals surface area contributed by atoms with Gasteiger partial charge in [-0.3, -0.25) is 4.79 Å². The summed E-state index contributed by atoms with van der Waals surface area (Å²) < 4.78 is 45.0. The molecule has 1 heterocycles. The lowest BCUT2D eigenvalue weighted by Crippen LogP contribution is -2.51. The predicted octanol–water partition coefficient (Wildman–Crippen LogP) is 3.66. The summed E-state index contributed by atoms with van der Waals surface area (Å²) in [7, 11) is 1.35. The van der Waals surface area contributed by atoms with Gasteiger partial charge in [-0.2, -0.15) is 13.2 Å². The molecule has 1 aromatic carbocycles. The van der Waals surface area contributed by atoms with Crippen molar-refractivity contribution < 1.29 is 27.8 Å². The molecule has 0 bridgehead atoms. The fraction of sp³-hybridized carbons (Fsp3) is 0.650. The van der Waals surface area contributed by atoms with Crippen LogP contribution in [0.4, 0.5) is 13.2 Å². The lowest BCUT2D eigenvalue weighted by atomic mass is 9.71. The minimum atomic E-state index is -4.41. The molecular weight excluding hydrogens is 359 g/mol. The molecule has 150 valence electrons. The van der Waals surface area contributed by atoms with Gasteiger partial charge in [0.05, 0.1) is 18.3 Å². The summed E-state index contributed by atoms with van der Waals surface area (Å²) in [4.78, 5) is 14.2. The highest BCUT2D eigenvalue weighted by Gasteiger charge is 2.44. The van der Waals surface area contributed by atoms with Crippen LogP contribution in [0, 0.1) is 11.8 Å². The summed E-state index contributed by atoms with van der Waals surface area (Å²) in [5.41, 5.74) is -1.10. The van der Waals surface area contributed by atoms with Gasteiger partial charge < -0.3 is 14.7 Å². The number of hydrogen-bond donors (Lipinski definition) is 1. The van der Waals surface area contributed by atoms with Crippen molar-refractivity contribution >= 4 is 5.91 Å². The third kappa shape index (κ3) is 4.57. The maximum absolute atomic E-state index is 13.4. The van der Waals surface area contributed by atoms with E-state index in [9.17, 15) is 23.1 Å². The van der Waals surface area contributed by atoms with E-state index in [0.29, 0.717) is 45.2 Å². The number of benzene rings is 1. The van der Waals surface area contributed by atoms with Crippen molar-refractivity contribution in [2.75, 3.05) is 20.2 Å². The third-order valence-electron chi connectivity index (χ3n) is 5.78.